The summed E-state index contributed by atoms with van der Waals surface area (Å²) in [6.07, 6.45) is 14.9. The summed E-state index contributed by atoms with van der Waals surface area (Å²) in [5.74, 6) is 0.576. The zero-order valence-corrected chi connectivity index (χ0v) is 17.0. The van der Waals surface area contributed by atoms with Gasteiger partial charge in [0.2, 0.25) is 11.6 Å². The van der Waals surface area contributed by atoms with Crippen LogP contribution in [0.5, 0.6) is 0 Å². The molecule has 2 saturated carbocycles. The second-order valence-corrected chi connectivity index (χ2v) is 9.06. The fourth-order valence-electron chi connectivity index (χ4n) is 5.47. The molecular weight excluding hydrogens is 360 g/mol. The van der Waals surface area contributed by atoms with Crippen molar-refractivity contribution in [3.05, 3.63) is 39.4 Å². The Kier molecular flexibility index (Phi) is 7.42. The number of hydrogen-bond donors (Lipinski definition) is 0. The van der Waals surface area contributed by atoms with Gasteiger partial charge >= 0.3 is 5.69 Å². The third-order valence-electron chi connectivity index (χ3n) is 7.19. The van der Waals surface area contributed by atoms with Gasteiger partial charge in [-0.25, -0.2) is 0 Å². The molecule has 28 heavy (non-hydrogen) atoms. The molecule has 2 aliphatic carbocycles. The first-order valence-corrected chi connectivity index (χ1v) is 11.1. The van der Waals surface area contributed by atoms with E-state index in [9.17, 15) is 18.9 Å². The Morgan fingerprint density at radius 1 is 0.857 bits per heavy atom. The van der Waals surface area contributed by atoms with Crippen LogP contribution >= 0.6 is 0 Å². The van der Waals surface area contributed by atoms with Gasteiger partial charge in [0, 0.05) is 0 Å². The molecular formula is C23H33F2NO2. The average Bonchev–Trinajstić information content (AvgIpc) is 2.67. The summed E-state index contributed by atoms with van der Waals surface area (Å²) < 4.78 is 27.8. The van der Waals surface area contributed by atoms with Crippen LogP contribution in [0, 0.1) is 39.5 Å². The van der Waals surface area contributed by atoms with Crippen molar-refractivity contribution >= 4 is 5.69 Å². The largest absolute Gasteiger partial charge is 0.340 e. The molecule has 0 heterocycles. The lowest BCUT2D eigenvalue weighted by Gasteiger charge is -2.32. The van der Waals surface area contributed by atoms with Gasteiger partial charge in [0.15, 0.2) is 0 Å². The molecule has 3 rings (SSSR count). The van der Waals surface area contributed by atoms with E-state index in [2.05, 4.69) is 6.92 Å². The fourth-order valence-corrected chi connectivity index (χ4v) is 5.47. The summed E-state index contributed by atoms with van der Waals surface area (Å²) in [6, 6.07) is 2.34. The summed E-state index contributed by atoms with van der Waals surface area (Å²) in [5, 5.41) is 10.8. The molecule has 0 atom stereocenters. The van der Waals surface area contributed by atoms with Gasteiger partial charge < -0.3 is 0 Å². The van der Waals surface area contributed by atoms with E-state index >= 15 is 0 Å². The van der Waals surface area contributed by atoms with Crippen LogP contribution in [-0.4, -0.2) is 4.92 Å². The number of nitro groups is 1. The van der Waals surface area contributed by atoms with E-state index in [-0.39, 0.29) is 5.92 Å². The topological polar surface area (TPSA) is 43.1 Å². The van der Waals surface area contributed by atoms with E-state index < -0.39 is 22.2 Å². The maximum Gasteiger partial charge on any atom is 0.340 e. The van der Waals surface area contributed by atoms with Gasteiger partial charge in [-0.2, -0.15) is 8.78 Å². The van der Waals surface area contributed by atoms with Crippen molar-refractivity contribution in [3.63, 3.8) is 0 Å². The Morgan fingerprint density at radius 2 is 1.29 bits per heavy atom. The zero-order chi connectivity index (χ0) is 20.1. The second kappa shape index (κ2) is 9.80. The third-order valence-corrected chi connectivity index (χ3v) is 7.19. The van der Waals surface area contributed by atoms with Gasteiger partial charge in [-0.15, -0.1) is 0 Å². The van der Waals surface area contributed by atoms with Gasteiger partial charge in [-0.3, -0.25) is 10.1 Å². The molecule has 0 bridgehead atoms. The van der Waals surface area contributed by atoms with E-state index in [1.807, 2.05) is 0 Å². The van der Waals surface area contributed by atoms with Crippen molar-refractivity contribution in [3.8, 4) is 0 Å². The van der Waals surface area contributed by atoms with Gasteiger partial charge in [-0.1, -0.05) is 58.3 Å². The molecule has 0 saturated heterocycles. The van der Waals surface area contributed by atoms with E-state index in [1.165, 1.54) is 63.5 Å². The van der Waals surface area contributed by atoms with Gasteiger partial charge in [0.25, 0.3) is 0 Å². The van der Waals surface area contributed by atoms with Gasteiger partial charge in [0.1, 0.15) is 0 Å². The highest BCUT2D eigenvalue weighted by molar-refractivity contribution is 5.38. The molecule has 1 aromatic carbocycles. The number of halogens is 2. The third kappa shape index (κ3) is 5.30. The summed E-state index contributed by atoms with van der Waals surface area (Å²) in [5.41, 5.74) is -0.459. The van der Waals surface area contributed by atoms with Crippen molar-refractivity contribution in [2.75, 3.05) is 0 Å². The number of nitro benzene ring substituents is 1. The summed E-state index contributed by atoms with van der Waals surface area (Å²) in [7, 11) is 0. The van der Waals surface area contributed by atoms with E-state index in [0.29, 0.717) is 5.56 Å². The van der Waals surface area contributed by atoms with Gasteiger partial charge in [0.05, 0.1) is 4.92 Å². The Morgan fingerprint density at radius 3 is 1.71 bits per heavy atom. The maximum absolute atomic E-state index is 13.9. The summed E-state index contributed by atoms with van der Waals surface area (Å²) >= 11 is 0. The minimum absolute atomic E-state index is 0.116. The normalized spacial score (nSPS) is 28.2. The highest BCUT2D eigenvalue weighted by atomic mass is 19.1. The lowest BCUT2D eigenvalue weighted by atomic mass is 9.74. The second-order valence-electron chi connectivity index (χ2n) is 9.06. The van der Waals surface area contributed by atoms with Crippen LogP contribution in [0.1, 0.15) is 95.5 Å². The molecule has 2 aliphatic rings. The molecule has 0 spiro atoms. The van der Waals surface area contributed by atoms with Crippen molar-refractivity contribution < 1.29 is 13.7 Å². The van der Waals surface area contributed by atoms with Crippen molar-refractivity contribution in [2.45, 2.75) is 89.9 Å². The van der Waals surface area contributed by atoms with Crippen molar-refractivity contribution in [1.82, 2.24) is 0 Å². The van der Waals surface area contributed by atoms with Crippen LogP contribution in [0.3, 0.4) is 0 Å². The zero-order valence-electron chi connectivity index (χ0n) is 17.0. The van der Waals surface area contributed by atoms with Crippen LogP contribution in [0.15, 0.2) is 12.1 Å². The number of hydrogen-bond acceptors (Lipinski definition) is 2. The molecule has 0 radical (unpaired) electrons. The van der Waals surface area contributed by atoms with E-state index in [4.69, 9.17) is 0 Å². The Bertz CT molecular complexity index is 640. The van der Waals surface area contributed by atoms with Crippen LogP contribution in [0.4, 0.5) is 14.5 Å². The molecule has 1 aromatic rings. The average molecular weight is 394 g/mol. The Balaban J connectivity index is 1.44. The molecule has 0 amide bonds. The number of benzene rings is 1. The van der Waals surface area contributed by atoms with Crippen LogP contribution in [0.2, 0.25) is 0 Å². The molecule has 3 nitrogen and oxygen atoms in total. The van der Waals surface area contributed by atoms with E-state index in [0.717, 1.165) is 43.4 Å². The van der Waals surface area contributed by atoms with Gasteiger partial charge in [-0.05, 0) is 67.1 Å². The first-order valence-electron chi connectivity index (χ1n) is 11.1. The fraction of sp³-hybridized carbons (Fsp3) is 0.739. The Labute approximate surface area is 167 Å². The Hall–Kier alpha value is -1.52. The molecule has 2 fully saturated rings. The molecule has 0 aromatic heterocycles. The minimum atomic E-state index is -1.05. The molecule has 0 N–H and O–H groups in total. The predicted octanol–water partition coefficient (Wildman–Crippen LogP) is 7.53. The predicted molar refractivity (Wildman–Crippen MR) is 107 cm³/mol. The highest BCUT2D eigenvalue weighted by Crippen LogP contribution is 2.41. The van der Waals surface area contributed by atoms with Crippen molar-refractivity contribution in [2.24, 2.45) is 17.8 Å². The number of rotatable bonds is 7. The standard InChI is InChI=1S/C23H33F2NO2/c1-2-3-16-4-6-17(7-5-16)8-9-18-10-12-19(13-11-18)20-14-21(24)23(26(27)28)22(25)15-20/h14-19H,2-13H2,1H3/t16-,17-,18-,19-. The highest BCUT2D eigenvalue weighted by Gasteiger charge is 2.28. The lowest BCUT2D eigenvalue weighted by molar-refractivity contribution is -0.390. The number of nitrogens with zero attached hydrogens (tertiary/aromatic N) is 1. The first kappa shape index (κ1) is 21.2. The summed E-state index contributed by atoms with van der Waals surface area (Å²) in [6.45, 7) is 2.28. The summed E-state index contributed by atoms with van der Waals surface area (Å²) in [4.78, 5) is 9.77. The monoisotopic (exact) mass is 393 g/mol. The molecule has 0 unspecified atom stereocenters. The maximum atomic E-state index is 13.9. The molecule has 0 aliphatic heterocycles. The van der Waals surface area contributed by atoms with E-state index in [1.54, 1.807) is 0 Å². The first-order chi connectivity index (χ1) is 13.5. The lowest BCUT2D eigenvalue weighted by Crippen LogP contribution is -2.18. The van der Waals surface area contributed by atoms with Crippen molar-refractivity contribution in [1.29, 1.82) is 0 Å². The molecule has 5 heteroatoms. The van der Waals surface area contributed by atoms with Crippen LogP contribution < -0.4 is 0 Å². The smallest absolute Gasteiger partial charge is 0.258 e. The SMILES string of the molecule is CCC[C@H]1CC[C@H](CC[C@H]2CC[C@H](c3cc(F)c([N+](=O)[O-])c(F)c3)CC2)CC1. The van der Waals surface area contributed by atoms with Crippen LogP contribution in [0.25, 0.3) is 0 Å². The van der Waals surface area contributed by atoms with Crippen LogP contribution in [-0.2, 0) is 0 Å². The molecule has 156 valence electrons. The quantitative estimate of drug-likeness (QED) is 0.355. The minimum Gasteiger partial charge on any atom is -0.258 e.